The van der Waals surface area contributed by atoms with Crippen molar-refractivity contribution in [2.75, 3.05) is 11.5 Å². The molecule has 1 unspecified atom stereocenters. The van der Waals surface area contributed by atoms with E-state index in [-0.39, 0.29) is 24.0 Å². The van der Waals surface area contributed by atoms with E-state index in [2.05, 4.69) is 6.92 Å². The Hall–Kier alpha value is -2.22. The van der Waals surface area contributed by atoms with E-state index in [4.69, 9.17) is 9.47 Å². The largest absolute Gasteiger partial charge is 0.459 e. The van der Waals surface area contributed by atoms with Crippen LogP contribution < -0.4 is 4.90 Å². The Bertz CT molecular complexity index is 923. The number of anilines is 1. The van der Waals surface area contributed by atoms with Crippen LogP contribution in [0.4, 0.5) is 5.69 Å². The summed E-state index contributed by atoms with van der Waals surface area (Å²) in [5.74, 6) is -0.218. The Morgan fingerprint density at radius 2 is 1.91 bits per heavy atom. The zero-order valence-electron chi connectivity index (χ0n) is 20.5. The molecular weight excluding hydrogens is 450 g/mol. The molecule has 2 aromatic rings. The van der Waals surface area contributed by atoms with Gasteiger partial charge in [0.05, 0.1) is 31.5 Å². The average molecular weight is 488 g/mol. The molecule has 186 valence electrons. The number of aliphatic hydroxyl groups is 1. The van der Waals surface area contributed by atoms with Crippen molar-refractivity contribution in [3.8, 4) is 0 Å². The van der Waals surface area contributed by atoms with Gasteiger partial charge in [-0.3, -0.25) is 4.79 Å². The molecule has 0 radical (unpaired) electrons. The van der Waals surface area contributed by atoms with Gasteiger partial charge in [-0.2, -0.15) is 0 Å². The molecule has 1 saturated heterocycles. The maximum absolute atomic E-state index is 12.6. The van der Waals surface area contributed by atoms with Gasteiger partial charge in [0, 0.05) is 17.0 Å². The summed E-state index contributed by atoms with van der Waals surface area (Å²) < 4.78 is 11.2. The monoisotopic (exact) mass is 487 g/mol. The fourth-order valence-electron chi connectivity index (χ4n) is 4.18. The number of rotatable bonds is 13. The number of carbonyl (C=O) groups excluding carboxylic acids is 2. The molecule has 1 fully saturated rings. The molecule has 0 spiro atoms. The number of esters is 1. The molecule has 1 aromatic heterocycles. The highest BCUT2D eigenvalue weighted by atomic mass is 32.1. The minimum atomic E-state index is -0.465. The third-order valence-electron chi connectivity index (χ3n) is 5.97. The van der Waals surface area contributed by atoms with Crippen molar-refractivity contribution < 1.29 is 24.2 Å². The first-order chi connectivity index (χ1) is 16.4. The van der Waals surface area contributed by atoms with Gasteiger partial charge in [0.15, 0.2) is 0 Å². The first-order valence-corrected chi connectivity index (χ1v) is 13.2. The summed E-state index contributed by atoms with van der Waals surface area (Å²) in [4.78, 5) is 27.9. The number of amides is 1. The number of carbonyl (C=O) groups is 2. The molecular formula is C27H37NO5S. The number of ether oxygens (including phenoxy) is 2. The zero-order chi connectivity index (χ0) is 24.5. The highest BCUT2D eigenvalue weighted by Crippen LogP contribution is 2.29. The first-order valence-electron chi connectivity index (χ1n) is 12.4. The molecule has 1 aliphatic rings. The number of thiophene rings is 1. The number of nitrogens with zero attached hydrogens (tertiary/aromatic N) is 1. The van der Waals surface area contributed by atoms with Crippen LogP contribution in [0, 0.1) is 0 Å². The molecule has 2 heterocycles. The van der Waals surface area contributed by atoms with Crippen LogP contribution in [-0.2, 0) is 20.9 Å². The smallest absolute Gasteiger partial charge is 0.348 e. The molecule has 6 nitrogen and oxygen atoms in total. The quantitative estimate of drug-likeness (QED) is 0.276. The van der Waals surface area contributed by atoms with Crippen LogP contribution in [-0.4, -0.2) is 35.7 Å². The second kappa shape index (κ2) is 13.0. The molecule has 1 N–H and O–H groups in total. The normalized spacial score (nSPS) is 16.9. The van der Waals surface area contributed by atoms with Crippen molar-refractivity contribution >= 4 is 28.9 Å². The predicted molar refractivity (Wildman–Crippen MR) is 135 cm³/mol. The number of hydrogen-bond acceptors (Lipinski definition) is 6. The summed E-state index contributed by atoms with van der Waals surface area (Å²) in [6.45, 7) is 6.65. The van der Waals surface area contributed by atoms with E-state index >= 15 is 0 Å². The highest BCUT2D eigenvalue weighted by molar-refractivity contribution is 7.13. The minimum absolute atomic E-state index is 0.0253. The summed E-state index contributed by atoms with van der Waals surface area (Å²) in [5, 5.41) is 10.5. The molecule has 7 heteroatoms. The second-order valence-electron chi connectivity index (χ2n) is 9.15. The van der Waals surface area contributed by atoms with Gasteiger partial charge in [0.1, 0.15) is 4.88 Å². The molecule has 3 rings (SSSR count). The summed E-state index contributed by atoms with van der Waals surface area (Å²) in [7, 11) is 0. The third-order valence-corrected chi connectivity index (χ3v) is 7.01. The number of benzene rings is 1. The lowest BCUT2D eigenvalue weighted by molar-refractivity contribution is -0.117. The van der Waals surface area contributed by atoms with E-state index in [1.807, 2.05) is 49.1 Å². The van der Waals surface area contributed by atoms with Crippen molar-refractivity contribution in [2.45, 2.75) is 90.6 Å². The van der Waals surface area contributed by atoms with Gasteiger partial charge in [-0.1, -0.05) is 44.7 Å². The Labute approximate surface area is 206 Å². The second-order valence-corrected chi connectivity index (χ2v) is 10.3. The molecule has 0 saturated carbocycles. The predicted octanol–water partition coefficient (Wildman–Crippen LogP) is 6.03. The van der Waals surface area contributed by atoms with Crippen molar-refractivity contribution in [1.82, 2.24) is 0 Å². The number of unbranched alkanes of at least 4 members (excludes halogenated alkanes) is 3. The zero-order valence-corrected chi connectivity index (χ0v) is 21.3. The van der Waals surface area contributed by atoms with E-state index in [0.29, 0.717) is 24.5 Å². The van der Waals surface area contributed by atoms with Crippen LogP contribution in [0.5, 0.6) is 0 Å². The summed E-state index contributed by atoms with van der Waals surface area (Å²) >= 11 is 1.37. The van der Waals surface area contributed by atoms with E-state index in [9.17, 15) is 14.7 Å². The van der Waals surface area contributed by atoms with Gasteiger partial charge in [0.25, 0.3) is 0 Å². The minimum Gasteiger partial charge on any atom is -0.459 e. The van der Waals surface area contributed by atoms with E-state index in [0.717, 1.165) is 41.8 Å². The van der Waals surface area contributed by atoms with Gasteiger partial charge < -0.3 is 19.5 Å². The van der Waals surface area contributed by atoms with Gasteiger partial charge in [-0.05, 0) is 56.5 Å². The highest BCUT2D eigenvalue weighted by Gasteiger charge is 2.32. The Balaban J connectivity index is 1.52. The Morgan fingerprint density at radius 3 is 2.62 bits per heavy atom. The topological polar surface area (TPSA) is 76.1 Å². The summed E-state index contributed by atoms with van der Waals surface area (Å²) in [5.41, 5.74) is 1.73. The van der Waals surface area contributed by atoms with Crippen LogP contribution in [0.2, 0.25) is 0 Å². The SMILES string of the molecule is CCCCCC[C@@H](O)c1ccc(N2C(=O)CCC2COCc2ccc(C(=O)OC(C)C)s2)cc1. The Kier molecular flexibility index (Phi) is 10.1. The van der Waals surface area contributed by atoms with Crippen LogP contribution >= 0.6 is 11.3 Å². The van der Waals surface area contributed by atoms with E-state index in [1.165, 1.54) is 24.2 Å². The molecule has 0 aliphatic carbocycles. The van der Waals surface area contributed by atoms with E-state index < -0.39 is 6.10 Å². The molecule has 1 aromatic carbocycles. The average Bonchev–Trinajstić information content (AvgIpc) is 3.43. The van der Waals surface area contributed by atoms with Gasteiger partial charge in [-0.25, -0.2) is 4.79 Å². The van der Waals surface area contributed by atoms with Crippen molar-refractivity contribution in [3.05, 3.63) is 51.7 Å². The molecule has 1 amide bonds. The van der Waals surface area contributed by atoms with Crippen LogP contribution in [0.15, 0.2) is 36.4 Å². The number of aliphatic hydroxyl groups excluding tert-OH is 1. The maximum Gasteiger partial charge on any atom is 0.348 e. The van der Waals surface area contributed by atoms with Crippen molar-refractivity contribution in [3.63, 3.8) is 0 Å². The third kappa shape index (κ3) is 7.39. The standard InChI is InChI=1S/C27H37NO5S/c1-4-5-6-7-8-24(29)20-9-11-21(12-10-20)28-22(13-16-26(28)30)17-32-18-23-14-15-25(34-23)27(31)33-19(2)3/h9-12,14-15,19,22,24,29H,4-8,13,16-18H2,1-3H3/t22?,24-/m1/s1. The fraction of sp³-hybridized carbons (Fsp3) is 0.556. The Morgan fingerprint density at radius 1 is 1.15 bits per heavy atom. The molecule has 0 bridgehead atoms. The van der Waals surface area contributed by atoms with Crippen LogP contribution in [0.1, 0.15) is 91.9 Å². The summed E-state index contributed by atoms with van der Waals surface area (Å²) in [6, 6.07) is 11.3. The van der Waals surface area contributed by atoms with Crippen molar-refractivity contribution in [1.29, 1.82) is 0 Å². The van der Waals surface area contributed by atoms with Gasteiger partial charge in [0.2, 0.25) is 5.91 Å². The lowest BCUT2D eigenvalue weighted by Crippen LogP contribution is -2.36. The first kappa shape index (κ1) is 26.4. The number of hydrogen-bond donors (Lipinski definition) is 1. The molecule has 34 heavy (non-hydrogen) atoms. The maximum atomic E-state index is 12.6. The molecule has 2 atom stereocenters. The van der Waals surface area contributed by atoms with Crippen molar-refractivity contribution in [2.24, 2.45) is 0 Å². The van der Waals surface area contributed by atoms with Gasteiger partial charge >= 0.3 is 5.97 Å². The van der Waals surface area contributed by atoms with E-state index in [1.54, 1.807) is 6.07 Å². The van der Waals surface area contributed by atoms with Gasteiger partial charge in [-0.15, -0.1) is 11.3 Å². The summed E-state index contributed by atoms with van der Waals surface area (Å²) in [6.07, 6.45) is 5.94. The van der Waals surface area contributed by atoms with Crippen LogP contribution in [0.3, 0.4) is 0 Å². The lowest BCUT2D eigenvalue weighted by atomic mass is 10.0. The molecule has 1 aliphatic heterocycles. The fourth-order valence-corrected chi connectivity index (χ4v) is 5.01. The van der Waals surface area contributed by atoms with Crippen LogP contribution in [0.25, 0.3) is 0 Å². The lowest BCUT2D eigenvalue weighted by Gasteiger charge is -2.25.